The van der Waals surface area contributed by atoms with E-state index in [1.54, 1.807) is 0 Å². The molecule has 0 spiro atoms. The Morgan fingerprint density at radius 1 is 1.04 bits per heavy atom. The Bertz CT molecular complexity index is 416. The summed E-state index contributed by atoms with van der Waals surface area (Å²) < 4.78 is 0. The van der Waals surface area contributed by atoms with E-state index in [9.17, 15) is 5.11 Å². The monoisotopic (exact) mass is 479 g/mol. The van der Waals surface area contributed by atoms with Crippen molar-refractivity contribution < 1.29 is 5.11 Å². The fourth-order valence-corrected chi connectivity index (χ4v) is 3.99. The van der Waals surface area contributed by atoms with E-state index < -0.39 is 0 Å². The van der Waals surface area contributed by atoms with E-state index in [0.717, 1.165) is 64.0 Å². The van der Waals surface area contributed by atoms with E-state index in [1.165, 1.54) is 38.8 Å². The molecule has 26 heavy (non-hydrogen) atoms. The smallest absolute Gasteiger partial charge is 0.191 e. The number of halogens is 1. The van der Waals surface area contributed by atoms with Gasteiger partial charge in [0.15, 0.2) is 5.96 Å². The van der Waals surface area contributed by atoms with Crippen LogP contribution >= 0.6 is 24.0 Å². The first-order valence-electron chi connectivity index (χ1n) is 10.4. The van der Waals surface area contributed by atoms with Crippen LogP contribution < -0.4 is 10.6 Å². The second kappa shape index (κ2) is 11.7. The third-order valence-electron chi connectivity index (χ3n) is 5.74. The van der Waals surface area contributed by atoms with Gasteiger partial charge in [0.25, 0.3) is 0 Å². The number of rotatable bonds is 7. The Hall–Kier alpha value is -0.120. The highest BCUT2D eigenvalue weighted by molar-refractivity contribution is 14.0. The van der Waals surface area contributed by atoms with E-state index >= 15 is 0 Å². The van der Waals surface area contributed by atoms with Gasteiger partial charge in [-0.05, 0) is 58.4 Å². The molecular weight excluding hydrogens is 441 g/mol. The van der Waals surface area contributed by atoms with Crippen LogP contribution in [0.3, 0.4) is 0 Å². The van der Waals surface area contributed by atoms with Crippen molar-refractivity contribution in [3.8, 4) is 0 Å². The number of hydrogen-bond acceptors (Lipinski definition) is 4. The number of guanidine groups is 1. The molecule has 0 aromatic heterocycles. The first kappa shape index (κ1) is 22.2. The normalized spacial score (nSPS) is 24.3. The summed E-state index contributed by atoms with van der Waals surface area (Å²) in [4.78, 5) is 9.90. The standard InChI is InChI=1S/C19H37N5O.HI/c1-2-20-19(21-10-3-11-23-12-8-18(25)9-13-23)22-16-6-14-24(15-7-16)17-4-5-17;/h16-18,25H,2-15H2,1H3,(H2,20,21,22);1H. The van der Waals surface area contributed by atoms with Gasteiger partial charge in [-0.3, -0.25) is 4.99 Å². The quantitative estimate of drug-likeness (QED) is 0.224. The Labute approximate surface area is 176 Å². The maximum Gasteiger partial charge on any atom is 0.191 e. The van der Waals surface area contributed by atoms with E-state index in [-0.39, 0.29) is 30.1 Å². The number of nitrogens with zero attached hydrogens (tertiary/aromatic N) is 3. The predicted octanol–water partition coefficient (Wildman–Crippen LogP) is 1.63. The van der Waals surface area contributed by atoms with Crippen LogP contribution in [0.1, 0.15) is 51.9 Å². The van der Waals surface area contributed by atoms with E-state index in [2.05, 4.69) is 27.4 Å². The minimum Gasteiger partial charge on any atom is -0.393 e. The minimum atomic E-state index is -0.0786. The summed E-state index contributed by atoms with van der Waals surface area (Å²) >= 11 is 0. The van der Waals surface area contributed by atoms with Crippen molar-refractivity contribution in [3.05, 3.63) is 0 Å². The lowest BCUT2D eigenvalue weighted by Gasteiger charge is -2.33. The highest BCUT2D eigenvalue weighted by Crippen LogP contribution is 2.29. The second-order valence-electron chi connectivity index (χ2n) is 7.87. The third-order valence-corrected chi connectivity index (χ3v) is 5.74. The van der Waals surface area contributed by atoms with Crippen LogP contribution in [0.4, 0.5) is 0 Å². The summed E-state index contributed by atoms with van der Waals surface area (Å²) in [6, 6.07) is 1.47. The number of aliphatic hydroxyl groups excluding tert-OH is 1. The molecule has 0 radical (unpaired) electrons. The molecule has 0 aromatic carbocycles. The van der Waals surface area contributed by atoms with Crippen molar-refractivity contribution in [1.82, 2.24) is 20.4 Å². The number of aliphatic hydroxyl groups is 1. The van der Waals surface area contributed by atoms with Crippen LogP contribution in [0.15, 0.2) is 4.99 Å². The summed E-state index contributed by atoms with van der Waals surface area (Å²) in [7, 11) is 0. The molecule has 6 nitrogen and oxygen atoms in total. The highest BCUT2D eigenvalue weighted by Gasteiger charge is 2.31. The second-order valence-corrected chi connectivity index (χ2v) is 7.87. The van der Waals surface area contributed by atoms with Gasteiger partial charge in [0.1, 0.15) is 0 Å². The number of nitrogens with one attached hydrogen (secondary N) is 2. The third kappa shape index (κ3) is 7.48. The van der Waals surface area contributed by atoms with Gasteiger partial charge < -0.3 is 25.5 Å². The van der Waals surface area contributed by atoms with Gasteiger partial charge in [-0.25, -0.2) is 0 Å². The van der Waals surface area contributed by atoms with Crippen molar-refractivity contribution in [1.29, 1.82) is 0 Å². The van der Waals surface area contributed by atoms with Crippen LogP contribution in [0.2, 0.25) is 0 Å². The van der Waals surface area contributed by atoms with Crippen molar-refractivity contribution in [3.63, 3.8) is 0 Å². The molecular formula is C19H38IN5O. The molecule has 2 heterocycles. The SMILES string of the molecule is CCNC(=NCCCN1CCC(O)CC1)NC1CCN(C2CC2)CC1.I. The number of piperidine rings is 2. The molecule has 0 bridgehead atoms. The first-order valence-corrected chi connectivity index (χ1v) is 10.4. The summed E-state index contributed by atoms with van der Waals surface area (Å²) in [6.45, 7) is 9.55. The molecule has 0 amide bonds. The van der Waals surface area contributed by atoms with Crippen molar-refractivity contribution in [2.24, 2.45) is 4.99 Å². The van der Waals surface area contributed by atoms with Crippen molar-refractivity contribution in [2.75, 3.05) is 45.8 Å². The van der Waals surface area contributed by atoms with Gasteiger partial charge in [-0.2, -0.15) is 0 Å². The summed E-state index contributed by atoms with van der Waals surface area (Å²) in [5.74, 6) is 0.987. The number of hydrogen-bond donors (Lipinski definition) is 3. The molecule has 2 aliphatic heterocycles. The Morgan fingerprint density at radius 3 is 2.35 bits per heavy atom. The van der Waals surface area contributed by atoms with Gasteiger partial charge >= 0.3 is 0 Å². The average Bonchev–Trinajstić information content (AvgIpc) is 3.46. The Kier molecular flexibility index (Phi) is 9.94. The van der Waals surface area contributed by atoms with Crippen LogP contribution in [0.5, 0.6) is 0 Å². The molecule has 152 valence electrons. The van der Waals surface area contributed by atoms with E-state index in [4.69, 9.17) is 4.99 Å². The molecule has 3 rings (SSSR count). The summed E-state index contributed by atoms with van der Waals surface area (Å²) in [5, 5.41) is 16.6. The molecule has 3 fully saturated rings. The lowest BCUT2D eigenvalue weighted by atomic mass is 10.1. The predicted molar refractivity (Wildman–Crippen MR) is 118 cm³/mol. The molecule has 3 aliphatic rings. The average molecular weight is 479 g/mol. The highest BCUT2D eigenvalue weighted by atomic mass is 127. The Balaban J connectivity index is 0.00000243. The summed E-state index contributed by atoms with van der Waals surface area (Å²) in [5.41, 5.74) is 0. The zero-order chi connectivity index (χ0) is 17.5. The minimum absolute atomic E-state index is 0. The van der Waals surface area contributed by atoms with Gasteiger partial charge in [0.05, 0.1) is 6.10 Å². The Morgan fingerprint density at radius 2 is 1.73 bits per heavy atom. The molecule has 0 unspecified atom stereocenters. The zero-order valence-corrected chi connectivity index (χ0v) is 18.7. The van der Waals surface area contributed by atoms with Gasteiger partial charge in [0.2, 0.25) is 0 Å². The first-order chi connectivity index (χ1) is 12.2. The molecule has 7 heteroatoms. The molecule has 1 aliphatic carbocycles. The van der Waals surface area contributed by atoms with Gasteiger partial charge in [-0.1, -0.05) is 0 Å². The van der Waals surface area contributed by atoms with E-state index in [1.807, 2.05) is 0 Å². The maximum absolute atomic E-state index is 9.57. The topological polar surface area (TPSA) is 63.1 Å². The van der Waals surface area contributed by atoms with Crippen LogP contribution in [0.25, 0.3) is 0 Å². The fraction of sp³-hybridized carbons (Fsp3) is 0.947. The van der Waals surface area contributed by atoms with Gasteiger partial charge in [-0.15, -0.1) is 24.0 Å². The van der Waals surface area contributed by atoms with Crippen LogP contribution in [-0.4, -0.2) is 84.9 Å². The van der Waals surface area contributed by atoms with Crippen LogP contribution in [-0.2, 0) is 0 Å². The van der Waals surface area contributed by atoms with Crippen LogP contribution in [0, 0.1) is 0 Å². The van der Waals surface area contributed by atoms with E-state index in [0.29, 0.717) is 6.04 Å². The molecule has 2 saturated heterocycles. The van der Waals surface area contributed by atoms with Crippen molar-refractivity contribution in [2.45, 2.75) is 70.1 Å². The lowest BCUT2D eigenvalue weighted by Crippen LogP contribution is -2.49. The zero-order valence-electron chi connectivity index (χ0n) is 16.3. The van der Waals surface area contributed by atoms with Crippen molar-refractivity contribution >= 4 is 29.9 Å². The fourth-order valence-electron chi connectivity index (χ4n) is 3.99. The maximum atomic E-state index is 9.57. The molecule has 0 aromatic rings. The number of aliphatic imine (C=N–C) groups is 1. The molecule has 1 saturated carbocycles. The molecule has 0 atom stereocenters. The van der Waals surface area contributed by atoms with Gasteiger partial charge in [0, 0.05) is 51.4 Å². The summed E-state index contributed by atoms with van der Waals surface area (Å²) in [6.07, 6.45) is 8.15. The molecule has 3 N–H and O–H groups in total. The number of likely N-dealkylation sites (tertiary alicyclic amines) is 2. The lowest BCUT2D eigenvalue weighted by molar-refractivity contribution is 0.0824. The largest absolute Gasteiger partial charge is 0.393 e.